The van der Waals surface area contributed by atoms with Crippen molar-refractivity contribution in [3.05, 3.63) is 47.8 Å². The number of carbonyl (C=O) groups is 1. The number of aromatic nitrogens is 2. The van der Waals surface area contributed by atoms with Crippen molar-refractivity contribution in [2.75, 3.05) is 20.2 Å². The zero-order chi connectivity index (χ0) is 18.9. The average Bonchev–Trinajstić information content (AvgIpc) is 3.42. The number of nitrogens with zero attached hydrogens (tertiary/aromatic N) is 2. The van der Waals surface area contributed by atoms with Crippen LogP contribution in [0, 0.1) is 5.92 Å². The summed E-state index contributed by atoms with van der Waals surface area (Å²) in [6.45, 7) is 1.53. The smallest absolute Gasteiger partial charge is 0.225 e. The van der Waals surface area contributed by atoms with E-state index < -0.39 is 0 Å². The van der Waals surface area contributed by atoms with E-state index in [1.54, 1.807) is 11.8 Å². The summed E-state index contributed by atoms with van der Waals surface area (Å²) >= 11 is 0. The molecule has 2 atom stereocenters. The van der Waals surface area contributed by atoms with Crippen molar-refractivity contribution in [3.63, 3.8) is 0 Å². The third kappa shape index (κ3) is 3.46. The van der Waals surface area contributed by atoms with Gasteiger partial charge < -0.3 is 15.4 Å². The molecule has 6 nitrogen and oxygen atoms in total. The largest absolute Gasteiger partial charge is 0.497 e. The van der Waals surface area contributed by atoms with Crippen molar-refractivity contribution in [2.45, 2.75) is 37.1 Å². The highest BCUT2D eigenvalue weighted by atomic mass is 16.5. The lowest BCUT2D eigenvalue weighted by atomic mass is 9.85. The monoisotopic (exact) mass is 368 g/mol. The van der Waals surface area contributed by atoms with Gasteiger partial charge in [-0.15, -0.1) is 0 Å². The predicted octanol–water partition coefficient (Wildman–Crippen LogP) is 2.32. The molecule has 1 saturated carbocycles. The summed E-state index contributed by atoms with van der Waals surface area (Å²) in [4.78, 5) is 13.3. The highest BCUT2D eigenvalue weighted by Gasteiger charge is 2.41. The molecule has 1 aromatic carbocycles. The van der Waals surface area contributed by atoms with Gasteiger partial charge in [-0.3, -0.25) is 9.48 Å². The van der Waals surface area contributed by atoms with Crippen molar-refractivity contribution < 1.29 is 9.53 Å². The molecule has 6 heteroatoms. The van der Waals surface area contributed by atoms with Gasteiger partial charge >= 0.3 is 0 Å². The minimum absolute atomic E-state index is 0.0649. The maximum Gasteiger partial charge on any atom is 0.225 e. The van der Waals surface area contributed by atoms with E-state index in [4.69, 9.17) is 4.74 Å². The molecule has 0 bridgehead atoms. The van der Waals surface area contributed by atoms with Crippen molar-refractivity contribution >= 4 is 5.91 Å². The second-order valence-electron chi connectivity index (χ2n) is 7.83. The standard InChI is InChI=1S/C21H28N4O2/c1-25-14-15(11-23-25)18-12-22-13-19(18)20(26)24-21(9-3-4-10-21)16-5-7-17(27-2)8-6-16/h5-8,11,14,18-19,22H,3-4,9-10,12-13H2,1-2H3,(H,24,26)/t18-,19+/m1/s1. The van der Waals surface area contributed by atoms with Gasteiger partial charge in [0.15, 0.2) is 0 Å². The number of carbonyl (C=O) groups excluding carboxylic acids is 1. The van der Waals surface area contributed by atoms with Crippen LogP contribution in [0.2, 0.25) is 0 Å². The molecular formula is C21H28N4O2. The number of rotatable bonds is 5. The molecule has 27 heavy (non-hydrogen) atoms. The van der Waals surface area contributed by atoms with Crippen LogP contribution in [0.1, 0.15) is 42.7 Å². The molecule has 2 heterocycles. The van der Waals surface area contributed by atoms with Crippen LogP contribution in [-0.4, -0.2) is 35.9 Å². The molecule has 1 aliphatic heterocycles. The first-order valence-corrected chi connectivity index (χ1v) is 9.77. The van der Waals surface area contributed by atoms with Crippen LogP contribution in [0.3, 0.4) is 0 Å². The molecule has 0 spiro atoms. The Morgan fingerprint density at radius 1 is 1.26 bits per heavy atom. The summed E-state index contributed by atoms with van der Waals surface area (Å²) in [5.41, 5.74) is 2.05. The average molecular weight is 368 g/mol. The second-order valence-corrected chi connectivity index (χ2v) is 7.83. The lowest BCUT2D eigenvalue weighted by Crippen LogP contribution is -2.47. The van der Waals surface area contributed by atoms with Crippen molar-refractivity contribution in [2.24, 2.45) is 13.0 Å². The number of methoxy groups -OCH3 is 1. The van der Waals surface area contributed by atoms with Crippen LogP contribution in [0.15, 0.2) is 36.7 Å². The van der Waals surface area contributed by atoms with Crippen molar-refractivity contribution in [1.82, 2.24) is 20.4 Å². The second kappa shape index (κ2) is 7.35. The summed E-state index contributed by atoms with van der Waals surface area (Å²) in [5, 5.41) is 11.1. The molecule has 2 aliphatic rings. The molecule has 1 saturated heterocycles. The summed E-state index contributed by atoms with van der Waals surface area (Å²) in [7, 11) is 3.59. The van der Waals surface area contributed by atoms with Crippen LogP contribution >= 0.6 is 0 Å². The van der Waals surface area contributed by atoms with E-state index in [-0.39, 0.29) is 23.3 Å². The van der Waals surface area contributed by atoms with Crippen LogP contribution < -0.4 is 15.4 Å². The number of benzene rings is 1. The Bertz CT molecular complexity index is 793. The van der Waals surface area contributed by atoms with Gasteiger partial charge in [-0.2, -0.15) is 5.10 Å². The molecule has 4 rings (SSSR count). The number of amides is 1. The lowest BCUT2D eigenvalue weighted by Gasteiger charge is -2.33. The van der Waals surface area contributed by atoms with Gasteiger partial charge in [-0.25, -0.2) is 0 Å². The fourth-order valence-corrected chi connectivity index (χ4v) is 4.64. The first-order chi connectivity index (χ1) is 13.1. The fraction of sp³-hybridized carbons (Fsp3) is 0.524. The number of aryl methyl sites for hydroxylation is 1. The highest BCUT2D eigenvalue weighted by molar-refractivity contribution is 5.81. The van der Waals surface area contributed by atoms with E-state index >= 15 is 0 Å². The molecule has 1 aromatic heterocycles. The van der Waals surface area contributed by atoms with E-state index in [0.29, 0.717) is 6.54 Å². The van der Waals surface area contributed by atoms with E-state index in [0.717, 1.165) is 43.5 Å². The summed E-state index contributed by atoms with van der Waals surface area (Å²) in [6, 6.07) is 8.15. The van der Waals surface area contributed by atoms with Gasteiger partial charge in [0.2, 0.25) is 5.91 Å². The van der Waals surface area contributed by atoms with Crippen LogP contribution in [0.25, 0.3) is 0 Å². The molecule has 144 valence electrons. The molecule has 0 unspecified atom stereocenters. The molecule has 2 aromatic rings. The Labute approximate surface area is 160 Å². The minimum Gasteiger partial charge on any atom is -0.497 e. The Hall–Kier alpha value is -2.34. The van der Waals surface area contributed by atoms with E-state index in [2.05, 4.69) is 27.9 Å². The number of nitrogens with one attached hydrogen (secondary N) is 2. The van der Waals surface area contributed by atoms with Gasteiger partial charge in [0, 0.05) is 32.3 Å². The topological polar surface area (TPSA) is 68.2 Å². The van der Waals surface area contributed by atoms with Gasteiger partial charge in [0.1, 0.15) is 5.75 Å². The first kappa shape index (κ1) is 18.0. The Morgan fingerprint density at radius 2 is 2.00 bits per heavy atom. The summed E-state index contributed by atoms with van der Waals surface area (Å²) in [6.07, 6.45) is 8.16. The van der Waals surface area contributed by atoms with Crippen LogP contribution in [-0.2, 0) is 17.4 Å². The van der Waals surface area contributed by atoms with E-state index in [1.165, 1.54) is 5.56 Å². The van der Waals surface area contributed by atoms with E-state index in [9.17, 15) is 4.79 Å². The van der Waals surface area contributed by atoms with Gasteiger partial charge in [0.05, 0.1) is 24.8 Å². The minimum atomic E-state index is -0.258. The Balaban J connectivity index is 1.55. The third-order valence-electron chi connectivity index (χ3n) is 6.17. The maximum atomic E-state index is 13.3. The fourth-order valence-electron chi connectivity index (χ4n) is 4.64. The molecular weight excluding hydrogens is 340 g/mol. The highest BCUT2D eigenvalue weighted by Crippen LogP contribution is 2.40. The molecule has 1 amide bonds. The lowest BCUT2D eigenvalue weighted by molar-refractivity contribution is -0.127. The maximum absolute atomic E-state index is 13.3. The number of ether oxygens (including phenoxy) is 1. The zero-order valence-electron chi connectivity index (χ0n) is 16.1. The van der Waals surface area contributed by atoms with Gasteiger partial charge in [0.25, 0.3) is 0 Å². The van der Waals surface area contributed by atoms with Crippen LogP contribution in [0.4, 0.5) is 0 Å². The Morgan fingerprint density at radius 3 is 2.63 bits per heavy atom. The molecule has 2 fully saturated rings. The Kier molecular flexibility index (Phi) is 4.91. The summed E-state index contributed by atoms with van der Waals surface area (Å²) in [5.74, 6) is 1.10. The van der Waals surface area contributed by atoms with E-state index in [1.807, 2.05) is 31.6 Å². The summed E-state index contributed by atoms with van der Waals surface area (Å²) < 4.78 is 7.09. The SMILES string of the molecule is COc1ccc(C2(NC(=O)[C@H]3CNC[C@@H]3c3cnn(C)c3)CCCC2)cc1. The first-order valence-electron chi connectivity index (χ1n) is 9.77. The normalized spacial score (nSPS) is 24.1. The number of hydrogen-bond donors (Lipinski definition) is 2. The number of hydrogen-bond acceptors (Lipinski definition) is 4. The predicted molar refractivity (Wildman–Crippen MR) is 104 cm³/mol. The molecule has 1 aliphatic carbocycles. The van der Waals surface area contributed by atoms with Crippen LogP contribution in [0.5, 0.6) is 5.75 Å². The molecule has 0 radical (unpaired) electrons. The van der Waals surface area contributed by atoms with Crippen molar-refractivity contribution in [1.29, 1.82) is 0 Å². The van der Waals surface area contributed by atoms with Gasteiger partial charge in [-0.05, 0) is 36.1 Å². The van der Waals surface area contributed by atoms with Gasteiger partial charge in [-0.1, -0.05) is 25.0 Å². The third-order valence-corrected chi connectivity index (χ3v) is 6.17. The quantitative estimate of drug-likeness (QED) is 0.850. The molecule has 2 N–H and O–H groups in total. The zero-order valence-corrected chi connectivity index (χ0v) is 16.1. The van der Waals surface area contributed by atoms with Crippen molar-refractivity contribution in [3.8, 4) is 5.75 Å².